The molecule has 2 aromatic carbocycles. The zero-order valence-electron chi connectivity index (χ0n) is 12.3. The van der Waals surface area contributed by atoms with E-state index in [2.05, 4.69) is 11.8 Å². The fraction of sp³-hybridized carbons (Fsp3) is 0.294. The second kappa shape index (κ2) is 7.03. The number of halogens is 2. The van der Waals surface area contributed by atoms with Crippen molar-refractivity contribution in [2.45, 2.75) is 26.1 Å². The largest absolute Gasteiger partial charge is 0.326 e. The van der Waals surface area contributed by atoms with E-state index in [1.165, 1.54) is 6.07 Å². The molecule has 0 aliphatic rings. The maximum Gasteiger partial charge on any atom is 0.123 e. The highest BCUT2D eigenvalue weighted by Crippen LogP contribution is 2.27. The normalized spacial score (nSPS) is 12.7. The van der Waals surface area contributed by atoms with Crippen LogP contribution in [0.5, 0.6) is 0 Å². The predicted octanol–water partition coefficient (Wildman–Crippen LogP) is 4.13. The molecule has 21 heavy (non-hydrogen) atoms. The lowest BCUT2D eigenvalue weighted by Crippen LogP contribution is -2.22. The van der Waals surface area contributed by atoms with Gasteiger partial charge in [0.15, 0.2) is 0 Å². The molecule has 0 heterocycles. The van der Waals surface area contributed by atoms with Crippen molar-refractivity contribution in [1.82, 2.24) is 4.90 Å². The van der Waals surface area contributed by atoms with Crippen molar-refractivity contribution >= 4 is 11.6 Å². The van der Waals surface area contributed by atoms with Gasteiger partial charge in [-0.15, -0.1) is 0 Å². The van der Waals surface area contributed by atoms with Crippen LogP contribution in [0.15, 0.2) is 42.5 Å². The Kier molecular flexibility index (Phi) is 5.34. The second-order valence-corrected chi connectivity index (χ2v) is 5.69. The molecule has 0 radical (unpaired) electrons. The Bertz CT molecular complexity index is 615. The Hall–Kier alpha value is -1.42. The first-order valence-electron chi connectivity index (χ1n) is 6.94. The highest BCUT2D eigenvalue weighted by Gasteiger charge is 2.15. The fourth-order valence-electron chi connectivity index (χ4n) is 2.40. The summed E-state index contributed by atoms with van der Waals surface area (Å²) in [5.41, 5.74) is 8.38. The molecule has 0 aliphatic carbocycles. The Morgan fingerprint density at radius 3 is 2.52 bits per heavy atom. The van der Waals surface area contributed by atoms with Crippen LogP contribution in [0.4, 0.5) is 4.39 Å². The molecule has 2 rings (SSSR count). The molecule has 0 saturated carbocycles. The minimum Gasteiger partial charge on any atom is -0.326 e. The first kappa shape index (κ1) is 16.0. The summed E-state index contributed by atoms with van der Waals surface area (Å²) in [5.74, 6) is -0.244. The third-order valence-electron chi connectivity index (χ3n) is 3.70. The van der Waals surface area contributed by atoms with Gasteiger partial charge in [0, 0.05) is 24.2 Å². The summed E-state index contributed by atoms with van der Waals surface area (Å²) in [5, 5.41) is 0.749. The van der Waals surface area contributed by atoms with Crippen LogP contribution in [0.25, 0.3) is 0 Å². The lowest BCUT2D eigenvalue weighted by molar-refractivity contribution is 0.253. The van der Waals surface area contributed by atoms with Gasteiger partial charge in [-0.2, -0.15) is 0 Å². The van der Waals surface area contributed by atoms with Gasteiger partial charge in [-0.05, 0) is 48.9 Å². The molecule has 0 aromatic heterocycles. The quantitative estimate of drug-likeness (QED) is 0.900. The van der Waals surface area contributed by atoms with E-state index in [0.29, 0.717) is 13.1 Å². The fourth-order valence-corrected chi connectivity index (χ4v) is 2.70. The van der Waals surface area contributed by atoms with Gasteiger partial charge >= 0.3 is 0 Å². The van der Waals surface area contributed by atoms with Crippen LogP contribution in [-0.4, -0.2) is 11.9 Å². The van der Waals surface area contributed by atoms with Gasteiger partial charge in [0.2, 0.25) is 0 Å². The van der Waals surface area contributed by atoms with Crippen LogP contribution in [0.2, 0.25) is 5.02 Å². The monoisotopic (exact) mass is 306 g/mol. The molecular weight excluding hydrogens is 287 g/mol. The van der Waals surface area contributed by atoms with E-state index in [0.717, 1.165) is 21.7 Å². The molecule has 0 bridgehead atoms. The van der Waals surface area contributed by atoms with Gasteiger partial charge < -0.3 is 5.73 Å². The zero-order valence-corrected chi connectivity index (χ0v) is 13.1. The minimum atomic E-state index is -0.244. The lowest BCUT2D eigenvalue weighted by Gasteiger charge is -2.26. The van der Waals surface area contributed by atoms with Gasteiger partial charge in [0.1, 0.15) is 5.82 Å². The lowest BCUT2D eigenvalue weighted by atomic mass is 10.1. The minimum absolute atomic E-state index is 0.142. The van der Waals surface area contributed by atoms with E-state index in [-0.39, 0.29) is 11.9 Å². The Morgan fingerprint density at radius 1 is 1.19 bits per heavy atom. The van der Waals surface area contributed by atoms with E-state index < -0.39 is 0 Å². The van der Waals surface area contributed by atoms with Crippen LogP contribution in [0.1, 0.15) is 29.7 Å². The molecule has 2 nitrogen and oxygen atoms in total. The van der Waals surface area contributed by atoms with Gasteiger partial charge in [0.25, 0.3) is 0 Å². The summed E-state index contributed by atoms with van der Waals surface area (Å²) >= 11 is 6.24. The molecule has 112 valence electrons. The van der Waals surface area contributed by atoms with Crippen molar-refractivity contribution in [3.8, 4) is 0 Å². The average molecular weight is 307 g/mol. The van der Waals surface area contributed by atoms with Gasteiger partial charge in [-0.1, -0.05) is 35.9 Å². The van der Waals surface area contributed by atoms with Crippen LogP contribution >= 0.6 is 11.6 Å². The molecule has 0 saturated heterocycles. The first-order chi connectivity index (χ1) is 10.0. The Morgan fingerprint density at radius 2 is 1.86 bits per heavy atom. The van der Waals surface area contributed by atoms with E-state index in [4.69, 9.17) is 17.3 Å². The molecule has 2 N–H and O–H groups in total. The molecule has 0 spiro atoms. The molecule has 0 aliphatic heterocycles. The maximum absolute atomic E-state index is 13.6. The molecule has 0 amide bonds. The van der Waals surface area contributed by atoms with Crippen LogP contribution in [-0.2, 0) is 13.1 Å². The summed E-state index contributed by atoms with van der Waals surface area (Å²) in [7, 11) is 2.00. The third-order valence-corrected chi connectivity index (χ3v) is 4.05. The zero-order chi connectivity index (χ0) is 15.4. The topological polar surface area (TPSA) is 29.3 Å². The van der Waals surface area contributed by atoms with Crippen molar-refractivity contribution in [1.29, 1.82) is 0 Å². The summed E-state index contributed by atoms with van der Waals surface area (Å²) in [6.07, 6.45) is 0. The van der Waals surface area contributed by atoms with E-state index >= 15 is 0 Å². The summed E-state index contributed by atoms with van der Waals surface area (Å²) in [4.78, 5) is 2.14. The number of benzene rings is 2. The summed E-state index contributed by atoms with van der Waals surface area (Å²) in [6, 6.07) is 12.9. The third kappa shape index (κ3) is 4.03. The van der Waals surface area contributed by atoms with Crippen LogP contribution < -0.4 is 5.73 Å². The molecule has 1 atom stereocenters. The van der Waals surface area contributed by atoms with Crippen LogP contribution in [0.3, 0.4) is 0 Å². The average Bonchev–Trinajstić information content (AvgIpc) is 2.46. The second-order valence-electron chi connectivity index (χ2n) is 5.28. The van der Waals surface area contributed by atoms with Gasteiger partial charge in [-0.25, -0.2) is 4.39 Å². The Labute approximate surface area is 130 Å². The van der Waals surface area contributed by atoms with Crippen molar-refractivity contribution in [2.24, 2.45) is 5.73 Å². The molecule has 1 unspecified atom stereocenters. The number of nitrogens with two attached hydrogens (primary N) is 1. The smallest absolute Gasteiger partial charge is 0.123 e. The first-order valence-corrected chi connectivity index (χ1v) is 7.32. The summed E-state index contributed by atoms with van der Waals surface area (Å²) in [6.45, 7) is 3.07. The molecular formula is C17H20ClFN2. The molecule has 2 aromatic rings. The van der Waals surface area contributed by atoms with Crippen molar-refractivity contribution in [3.63, 3.8) is 0 Å². The van der Waals surface area contributed by atoms with E-state index in [1.54, 1.807) is 6.07 Å². The van der Waals surface area contributed by atoms with Crippen LogP contribution in [0, 0.1) is 5.82 Å². The van der Waals surface area contributed by atoms with E-state index in [1.807, 2.05) is 37.4 Å². The number of nitrogens with zero attached hydrogens (tertiary/aromatic N) is 1. The number of hydrogen-bond donors (Lipinski definition) is 1. The number of rotatable bonds is 5. The van der Waals surface area contributed by atoms with Gasteiger partial charge in [0.05, 0.1) is 0 Å². The summed E-state index contributed by atoms with van der Waals surface area (Å²) < 4.78 is 13.6. The SMILES string of the molecule is CC(c1ccccc1Cl)N(C)Cc1cc(F)cc(CN)c1. The van der Waals surface area contributed by atoms with Crippen molar-refractivity contribution < 1.29 is 4.39 Å². The van der Waals surface area contributed by atoms with Crippen molar-refractivity contribution in [2.75, 3.05) is 7.05 Å². The number of hydrogen-bond acceptors (Lipinski definition) is 2. The predicted molar refractivity (Wildman–Crippen MR) is 85.6 cm³/mol. The van der Waals surface area contributed by atoms with Gasteiger partial charge in [-0.3, -0.25) is 4.90 Å². The highest BCUT2D eigenvalue weighted by atomic mass is 35.5. The molecule has 4 heteroatoms. The maximum atomic E-state index is 13.6. The standard InChI is InChI=1S/C17H20ClFN2/c1-12(16-5-3-4-6-17(16)18)21(2)11-14-7-13(10-20)8-15(19)9-14/h3-9,12H,10-11,20H2,1-2H3. The molecule has 0 fully saturated rings. The van der Waals surface area contributed by atoms with E-state index in [9.17, 15) is 4.39 Å². The Balaban J connectivity index is 2.16. The highest BCUT2D eigenvalue weighted by molar-refractivity contribution is 6.31. The van der Waals surface area contributed by atoms with Crippen molar-refractivity contribution in [3.05, 3.63) is 70.0 Å².